The van der Waals surface area contributed by atoms with Gasteiger partial charge in [-0.2, -0.15) is 0 Å². The van der Waals surface area contributed by atoms with Gasteiger partial charge in [-0.3, -0.25) is 4.79 Å². The largest absolute Gasteiger partial charge is 0.481 e. The first kappa shape index (κ1) is 13.5. The van der Waals surface area contributed by atoms with Crippen LogP contribution in [0.2, 0.25) is 0 Å². The van der Waals surface area contributed by atoms with Crippen molar-refractivity contribution >= 4 is 5.97 Å². The van der Waals surface area contributed by atoms with Crippen LogP contribution in [0.4, 0.5) is 0 Å². The first-order valence-electron chi connectivity index (χ1n) is 6.98. The van der Waals surface area contributed by atoms with Crippen LogP contribution in [0.15, 0.2) is 0 Å². The molecule has 2 atom stereocenters. The van der Waals surface area contributed by atoms with E-state index in [9.17, 15) is 4.79 Å². The number of hydrogen-bond donors (Lipinski definition) is 1. The van der Waals surface area contributed by atoms with E-state index in [1.54, 1.807) is 0 Å². The molecule has 0 heterocycles. The molecule has 0 bridgehead atoms. The summed E-state index contributed by atoms with van der Waals surface area (Å²) in [7, 11) is 0. The zero-order valence-corrected chi connectivity index (χ0v) is 10.6. The second-order valence-corrected chi connectivity index (χ2v) is 5.19. The number of carbonyl (C=O) groups is 1. The lowest BCUT2D eigenvalue weighted by Gasteiger charge is -2.15. The Kier molecular flexibility index (Phi) is 6.51. The summed E-state index contributed by atoms with van der Waals surface area (Å²) >= 11 is 0. The Morgan fingerprint density at radius 2 is 1.81 bits per heavy atom. The van der Waals surface area contributed by atoms with Crippen LogP contribution >= 0.6 is 0 Å². The minimum absolute atomic E-state index is 0.0318. The fraction of sp³-hybridized carbons (Fsp3) is 0.929. The minimum atomic E-state index is -0.562. The van der Waals surface area contributed by atoms with E-state index in [1.165, 1.54) is 38.5 Å². The highest BCUT2D eigenvalue weighted by Gasteiger charge is 2.31. The molecular formula is C14H26O2. The van der Waals surface area contributed by atoms with Gasteiger partial charge in [0.1, 0.15) is 0 Å². The van der Waals surface area contributed by atoms with Crippen LogP contribution in [0.3, 0.4) is 0 Å². The fourth-order valence-corrected chi connectivity index (χ4v) is 2.89. The maximum atomic E-state index is 11.0. The van der Waals surface area contributed by atoms with Crippen LogP contribution in [0.1, 0.15) is 71.1 Å². The molecule has 16 heavy (non-hydrogen) atoms. The molecule has 2 unspecified atom stereocenters. The lowest BCUT2D eigenvalue weighted by Crippen LogP contribution is -2.18. The van der Waals surface area contributed by atoms with Crippen molar-refractivity contribution in [2.75, 3.05) is 0 Å². The Labute approximate surface area is 99.4 Å². The van der Waals surface area contributed by atoms with Gasteiger partial charge in [-0.05, 0) is 25.2 Å². The first-order valence-corrected chi connectivity index (χ1v) is 6.98. The second-order valence-electron chi connectivity index (χ2n) is 5.19. The molecule has 1 rings (SSSR count). The summed E-state index contributed by atoms with van der Waals surface area (Å²) in [4.78, 5) is 11.0. The number of rotatable bonds is 8. The molecule has 1 aliphatic carbocycles. The Balaban J connectivity index is 2.05. The van der Waals surface area contributed by atoms with Crippen LogP contribution in [0.5, 0.6) is 0 Å². The van der Waals surface area contributed by atoms with Gasteiger partial charge in [0.15, 0.2) is 0 Å². The van der Waals surface area contributed by atoms with Crippen LogP contribution in [0.25, 0.3) is 0 Å². The van der Waals surface area contributed by atoms with Gasteiger partial charge in [-0.25, -0.2) is 0 Å². The van der Waals surface area contributed by atoms with Crippen molar-refractivity contribution in [1.82, 2.24) is 0 Å². The topological polar surface area (TPSA) is 37.3 Å². The zero-order chi connectivity index (χ0) is 11.8. The molecule has 0 aromatic heterocycles. The summed E-state index contributed by atoms with van der Waals surface area (Å²) in [5.74, 6) is -0.118. The quantitative estimate of drug-likeness (QED) is 0.629. The molecule has 0 amide bonds. The predicted octanol–water partition coefficient (Wildman–Crippen LogP) is 4.24. The van der Waals surface area contributed by atoms with Gasteiger partial charge in [-0.1, -0.05) is 51.9 Å². The molecule has 0 aromatic carbocycles. The van der Waals surface area contributed by atoms with Gasteiger partial charge in [0.2, 0.25) is 0 Å². The number of carboxylic acids is 1. The van der Waals surface area contributed by atoms with E-state index < -0.39 is 5.97 Å². The first-order chi connectivity index (χ1) is 7.75. The number of aliphatic carboxylic acids is 1. The third kappa shape index (κ3) is 4.54. The summed E-state index contributed by atoms with van der Waals surface area (Å²) in [6, 6.07) is 0. The van der Waals surface area contributed by atoms with Crippen molar-refractivity contribution < 1.29 is 9.90 Å². The Hall–Kier alpha value is -0.530. The smallest absolute Gasteiger partial charge is 0.306 e. The van der Waals surface area contributed by atoms with Gasteiger partial charge in [0, 0.05) is 0 Å². The molecule has 1 fully saturated rings. The standard InChI is InChI=1S/C14H26O2/c1-2-3-4-5-6-7-9-12-10-8-11-13(12)14(15)16/h12-13H,2-11H2,1H3,(H,15,16). The molecule has 1 aliphatic rings. The summed E-state index contributed by atoms with van der Waals surface area (Å²) in [5.41, 5.74) is 0. The molecule has 2 heteroatoms. The van der Waals surface area contributed by atoms with Crippen LogP contribution in [0, 0.1) is 11.8 Å². The molecule has 94 valence electrons. The van der Waals surface area contributed by atoms with Crippen LogP contribution in [-0.2, 0) is 4.79 Å². The average molecular weight is 226 g/mol. The summed E-state index contributed by atoms with van der Waals surface area (Å²) in [6.45, 7) is 2.23. The number of carboxylic acid groups (broad SMARTS) is 1. The highest BCUT2D eigenvalue weighted by molar-refractivity contribution is 5.70. The molecule has 0 aromatic rings. The van der Waals surface area contributed by atoms with Gasteiger partial charge < -0.3 is 5.11 Å². The molecule has 0 saturated heterocycles. The van der Waals surface area contributed by atoms with E-state index in [-0.39, 0.29) is 5.92 Å². The third-order valence-electron chi connectivity index (χ3n) is 3.90. The van der Waals surface area contributed by atoms with E-state index in [4.69, 9.17) is 5.11 Å². The lowest BCUT2D eigenvalue weighted by molar-refractivity contribution is -0.143. The summed E-state index contributed by atoms with van der Waals surface area (Å²) in [5, 5.41) is 9.06. The predicted molar refractivity (Wildman–Crippen MR) is 66.5 cm³/mol. The average Bonchev–Trinajstić information content (AvgIpc) is 2.71. The second kappa shape index (κ2) is 7.70. The van der Waals surface area contributed by atoms with E-state index in [2.05, 4.69) is 6.92 Å². The SMILES string of the molecule is CCCCCCCCC1CCCC1C(=O)O. The Morgan fingerprint density at radius 3 is 2.50 bits per heavy atom. The van der Waals surface area contributed by atoms with Gasteiger partial charge in [0.25, 0.3) is 0 Å². The van der Waals surface area contributed by atoms with Gasteiger partial charge in [0.05, 0.1) is 5.92 Å². The number of hydrogen-bond acceptors (Lipinski definition) is 1. The Morgan fingerprint density at radius 1 is 1.12 bits per heavy atom. The number of unbranched alkanes of at least 4 members (excludes halogenated alkanes) is 5. The molecule has 2 nitrogen and oxygen atoms in total. The highest BCUT2D eigenvalue weighted by atomic mass is 16.4. The van der Waals surface area contributed by atoms with Crippen LogP contribution in [-0.4, -0.2) is 11.1 Å². The summed E-state index contributed by atoms with van der Waals surface area (Å²) < 4.78 is 0. The van der Waals surface area contributed by atoms with E-state index in [0.717, 1.165) is 25.7 Å². The van der Waals surface area contributed by atoms with Crippen molar-refractivity contribution in [3.63, 3.8) is 0 Å². The van der Waals surface area contributed by atoms with E-state index >= 15 is 0 Å². The Bertz CT molecular complexity index is 201. The lowest BCUT2D eigenvalue weighted by atomic mass is 9.90. The highest BCUT2D eigenvalue weighted by Crippen LogP contribution is 2.35. The van der Waals surface area contributed by atoms with Crippen molar-refractivity contribution in [2.24, 2.45) is 11.8 Å². The van der Waals surface area contributed by atoms with Gasteiger partial charge >= 0.3 is 5.97 Å². The van der Waals surface area contributed by atoms with Gasteiger partial charge in [-0.15, -0.1) is 0 Å². The normalized spacial score (nSPS) is 24.8. The van der Waals surface area contributed by atoms with Crippen molar-refractivity contribution in [3.8, 4) is 0 Å². The maximum Gasteiger partial charge on any atom is 0.306 e. The van der Waals surface area contributed by atoms with Crippen molar-refractivity contribution in [3.05, 3.63) is 0 Å². The molecule has 1 saturated carbocycles. The zero-order valence-electron chi connectivity index (χ0n) is 10.6. The fourth-order valence-electron chi connectivity index (χ4n) is 2.89. The molecule has 0 aliphatic heterocycles. The van der Waals surface area contributed by atoms with E-state index in [1.807, 2.05) is 0 Å². The van der Waals surface area contributed by atoms with Crippen molar-refractivity contribution in [2.45, 2.75) is 71.1 Å². The molecule has 0 radical (unpaired) electrons. The maximum absolute atomic E-state index is 11.0. The molecule has 0 spiro atoms. The monoisotopic (exact) mass is 226 g/mol. The van der Waals surface area contributed by atoms with Crippen LogP contribution < -0.4 is 0 Å². The summed E-state index contributed by atoms with van der Waals surface area (Å²) in [6.07, 6.45) is 12.2. The third-order valence-corrected chi connectivity index (χ3v) is 3.90. The minimum Gasteiger partial charge on any atom is -0.481 e. The molecular weight excluding hydrogens is 200 g/mol. The molecule has 1 N–H and O–H groups in total. The van der Waals surface area contributed by atoms with Crippen molar-refractivity contribution in [1.29, 1.82) is 0 Å². The van der Waals surface area contributed by atoms with E-state index in [0.29, 0.717) is 5.92 Å².